The van der Waals surface area contributed by atoms with E-state index in [1.54, 1.807) is 26.3 Å². The Labute approximate surface area is 193 Å². The molecular formula is C25H28N4O4. The molecule has 172 valence electrons. The summed E-state index contributed by atoms with van der Waals surface area (Å²) in [6, 6.07) is 14.5. The average molecular weight is 449 g/mol. The van der Waals surface area contributed by atoms with E-state index in [1.807, 2.05) is 41.3 Å². The number of carbonyl (C=O) groups is 2. The van der Waals surface area contributed by atoms with E-state index in [0.29, 0.717) is 23.6 Å². The lowest BCUT2D eigenvalue weighted by atomic mass is 10.1. The average Bonchev–Trinajstić information content (AvgIpc) is 3.23. The van der Waals surface area contributed by atoms with Gasteiger partial charge in [-0.15, -0.1) is 0 Å². The second-order valence-electron chi connectivity index (χ2n) is 8.00. The minimum absolute atomic E-state index is 0.101. The lowest BCUT2D eigenvalue weighted by Gasteiger charge is -2.27. The summed E-state index contributed by atoms with van der Waals surface area (Å²) in [5, 5.41) is 7.03. The SMILES string of the molecule is COc1ccc(OCc2ccc(C(=O)Nc3cnn(C)c3C(=O)N3CCCCC3)cc2)cc1. The van der Waals surface area contributed by atoms with Crippen molar-refractivity contribution < 1.29 is 19.1 Å². The third-order valence-electron chi connectivity index (χ3n) is 5.71. The first-order valence-electron chi connectivity index (χ1n) is 11.0. The van der Waals surface area contributed by atoms with Crippen LogP contribution in [0.3, 0.4) is 0 Å². The number of likely N-dealkylation sites (tertiary alicyclic amines) is 1. The van der Waals surface area contributed by atoms with Gasteiger partial charge in [-0.3, -0.25) is 14.3 Å². The molecular weight excluding hydrogens is 420 g/mol. The zero-order valence-electron chi connectivity index (χ0n) is 18.9. The van der Waals surface area contributed by atoms with Gasteiger partial charge in [-0.1, -0.05) is 12.1 Å². The number of amides is 2. The molecule has 2 heterocycles. The highest BCUT2D eigenvalue weighted by atomic mass is 16.5. The van der Waals surface area contributed by atoms with Crippen LogP contribution in [0.15, 0.2) is 54.7 Å². The van der Waals surface area contributed by atoms with Crippen LogP contribution in [-0.4, -0.2) is 46.7 Å². The number of hydrogen-bond acceptors (Lipinski definition) is 5. The van der Waals surface area contributed by atoms with Gasteiger partial charge in [0, 0.05) is 25.7 Å². The number of aromatic nitrogens is 2. The molecule has 33 heavy (non-hydrogen) atoms. The molecule has 0 saturated carbocycles. The molecule has 2 amide bonds. The van der Waals surface area contributed by atoms with Gasteiger partial charge in [0.25, 0.3) is 11.8 Å². The number of methoxy groups -OCH3 is 1. The molecule has 1 aliphatic rings. The standard InChI is InChI=1S/C25H28N4O4/c1-28-23(25(31)29-14-4-3-5-15-29)22(16-26-28)27-24(30)19-8-6-18(7-9-19)17-33-21-12-10-20(32-2)11-13-21/h6-13,16H,3-5,14-15,17H2,1-2H3,(H,27,30). The van der Waals surface area contributed by atoms with Crippen LogP contribution in [-0.2, 0) is 13.7 Å². The van der Waals surface area contributed by atoms with E-state index in [0.717, 1.165) is 49.4 Å². The lowest BCUT2D eigenvalue weighted by Crippen LogP contribution is -2.37. The summed E-state index contributed by atoms with van der Waals surface area (Å²) in [7, 11) is 3.33. The Morgan fingerprint density at radius 2 is 1.64 bits per heavy atom. The van der Waals surface area contributed by atoms with Gasteiger partial charge in [0.2, 0.25) is 0 Å². The third kappa shape index (κ3) is 5.34. The van der Waals surface area contributed by atoms with E-state index in [2.05, 4.69) is 10.4 Å². The van der Waals surface area contributed by atoms with Crippen LogP contribution in [0.4, 0.5) is 5.69 Å². The van der Waals surface area contributed by atoms with Gasteiger partial charge in [-0.2, -0.15) is 5.10 Å². The maximum Gasteiger partial charge on any atom is 0.274 e. The van der Waals surface area contributed by atoms with Gasteiger partial charge in [-0.05, 0) is 61.2 Å². The van der Waals surface area contributed by atoms with Crippen LogP contribution in [0.25, 0.3) is 0 Å². The fourth-order valence-electron chi connectivity index (χ4n) is 3.81. The zero-order valence-corrected chi connectivity index (χ0v) is 18.9. The number of hydrogen-bond donors (Lipinski definition) is 1. The van der Waals surface area contributed by atoms with E-state index in [-0.39, 0.29) is 11.8 Å². The Kier molecular flexibility index (Phi) is 6.92. The predicted octanol–water partition coefficient (Wildman–Crippen LogP) is 3.89. The Morgan fingerprint density at radius 1 is 0.970 bits per heavy atom. The summed E-state index contributed by atoms with van der Waals surface area (Å²) in [5.74, 6) is 1.11. The smallest absolute Gasteiger partial charge is 0.274 e. The van der Waals surface area contributed by atoms with Crippen molar-refractivity contribution >= 4 is 17.5 Å². The molecule has 8 heteroatoms. The number of carbonyl (C=O) groups excluding carboxylic acids is 2. The number of benzene rings is 2. The maximum absolute atomic E-state index is 13.0. The van der Waals surface area contributed by atoms with Crippen LogP contribution in [0, 0.1) is 0 Å². The summed E-state index contributed by atoms with van der Waals surface area (Å²) >= 11 is 0. The van der Waals surface area contributed by atoms with Gasteiger partial charge in [-0.25, -0.2) is 0 Å². The molecule has 8 nitrogen and oxygen atoms in total. The molecule has 1 fully saturated rings. The number of nitrogens with one attached hydrogen (secondary N) is 1. The van der Waals surface area contributed by atoms with Gasteiger partial charge in [0.05, 0.1) is 19.0 Å². The van der Waals surface area contributed by atoms with Crippen molar-refractivity contribution in [2.24, 2.45) is 7.05 Å². The summed E-state index contributed by atoms with van der Waals surface area (Å²) < 4.78 is 12.4. The van der Waals surface area contributed by atoms with Crippen LogP contribution >= 0.6 is 0 Å². The van der Waals surface area contributed by atoms with Crippen molar-refractivity contribution in [2.75, 3.05) is 25.5 Å². The molecule has 0 aliphatic carbocycles. The maximum atomic E-state index is 13.0. The van der Waals surface area contributed by atoms with E-state index in [1.165, 1.54) is 10.9 Å². The molecule has 0 spiro atoms. The fraction of sp³-hybridized carbons (Fsp3) is 0.320. The topological polar surface area (TPSA) is 85.7 Å². The van der Waals surface area contributed by atoms with Gasteiger partial charge in [0.1, 0.15) is 23.8 Å². The van der Waals surface area contributed by atoms with Gasteiger partial charge >= 0.3 is 0 Å². The normalized spacial score (nSPS) is 13.5. The molecule has 0 bridgehead atoms. The predicted molar refractivity (Wildman–Crippen MR) is 125 cm³/mol. The zero-order chi connectivity index (χ0) is 23.2. The molecule has 1 saturated heterocycles. The molecule has 4 rings (SSSR count). The highest BCUT2D eigenvalue weighted by Gasteiger charge is 2.25. The molecule has 1 aliphatic heterocycles. The summed E-state index contributed by atoms with van der Waals surface area (Å²) in [4.78, 5) is 27.6. The first-order chi connectivity index (χ1) is 16.0. The van der Waals surface area contributed by atoms with Gasteiger partial charge in [0.15, 0.2) is 0 Å². The van der Waals surface area contributed by atoms with Crippen molar-refractivity contribution in [1.29, 1.82) is 0 Å². The van der Waals surface area contributed by atoms with Gasteiger partial charge < -0.3 is 19.7 Å². The highest BCUT2D eigenvalue weighted by Crippen LogP contribution is 2.21. The number of aryl methyl sites for hydroxylation is 1. The Morgan fingerprint density at radius 3 is 2.30 bits per heavy atom. The van der Waals surface area contributed by atoms with Crippen molar-refractivity contribution in [3.8, 4) is 11.5 Å². The number of nitrogens with zero attached hydrogens (tertiary/aromatic N) is 3. The van der Waals surface area contributed by atoms with Crippen LogP contribution in [0.5, 0.6) is 11.5 Å². The van der Waals surface area contributed by atoms with Crippen molar-refractivity contribution in [2.45, 2.75) is 25.9 Å². The number of anilines is 1. The Balaban J connectivity index is 1.38. The highest BCUT2D eigenvalue weighted by molar-refractivity contribution is 6.08. The molecule has 0 radical (unpaired) electrons. The molecule has 3 aromatic rings. The van der Waals surface area contributed by atoms with Crippen molar-refractivity contribution in [3.05, 3.63) is 71.5 Å². The minimum Gasteiger partial charge on any atom is -0.497 e. The lowest BCUT2D eigenvalue weighted by molar-refractivity contribution is 0.0714. The number of rotatable bonds is 7. The van der Waals surface area contributed by atoms with E-state index < -0.39 is 0 Å². The first kappa shape index (κ1) is 22.4. The Bertz CT molecular complexity index is 1100. The van der Waals surface area contributed by atoms with Crippen LogP contribution in [0.1, 0.15) is 45.7 Å². The molecule has 0 atom stereocenters. The van der Waals surface area contributed by atoms with E-state index in [4.69, 9.17) is 9.47 Å². The summed E-state index contributed by atoms with van der Waals surface area (Å²) in [5.41, 5.74) is 2.24. The van der Waals surface area contributed by atoms with E-state index >= 15 is 0 Å². The molecule has 1 N–H and O–H groups in total. The molecule has 1 aromatic heterocycles. The molecule has 2 aromatic carbocycles. The second-order valence-corrected chi connectivity index (χ2v) is 8.00. The van der Waals surface area contributed by atoms with Crippen LogP contribution in [0.2, 0.25) is 0 Å². The molecule has 0 unspecified atom stereocenters. The minimum atomic E-state index is -0.293. The summed E-state index contributed by atoms with van der Waals surface area (Å²) in [6.45, 7) is 1.85. The van der Waals surface area contributed by atoms with Crippen molar-refractivity contribution in [1.82, 2.24) is 14.7 Å². The van der Waals surface area contributed by atoms with Crippen LogP contribution < -0.4 is 14.8 Å². The van der Waals surface area contributed by atoms with E-state index in [9.17, 15) is 9.59 Å². The Hall–Kier alpha value is -3.81. The fourth-order valence-corrected chi connectivity index (χ4v) is 3.81. The third-order valence-corrected chi connectivity index (χ3v) is 5.71. The summed E-state index contributed by atoms with van der Waals surface area (Å²) in [6.07, 6.45) is 4.66. The number of piperidine rings is 1. The quantitative estimate of drug-likeness (QED) is 0.593. The van der Waals surface area contributed by atoms with Crippen molar-refractivity contribution in [3.63, 3.8) is 0 Å². The monoisotopic (exact) mass is 448 g/mol. The first-order valence-corrected chi connectivity index (χ1v) is 11.0. The second kappa shape index (κ2) is 10.2. The largest absolute Gasteiger partial charge is 0.497 e. The number of ether oxygens (including phenoxy) is 2.